The van der Waals surface area contributed by atoms with Gasteiger partial charge in [-0.1, -0.05) is 23.4 Å². The molecule has 0 aliphatic rings. The summed E-state index contributed by atoms with van der Waals surface area (Å²) in [5, 5.41) is 14.3. The zero-order valence-corrected chi connectivity index (χ0v) is 14.7. The van der Waals surface area contributed by atoms with Gasteiger partial charge in [-0.05, 0) is 39.8 Å². The van der Waals surface area contributed by atoms with E-state index >= 15 is 0 Å². The topological polar surface area (TPSA) is 85.0 Å². The molecule has 2 heterocycles. The number of anilines is 2. The molecule has 2 aromatic heterocycles. The molecule has 130 valence electrons. The Labute approximate surface area is 146 Å². The van der Waals surface area contributed by atoms with E-state index in [4.69, 9.17) is 4.52 Å². The fourth-order valence-electron chi connectivity index (χ4n) is 2.61. The minimum Gasteiger partial charge on any atom is -0.371 e. The van der Waals surface area contributed by atoms with E-state index in [1.807, 2.05) is 48.9 Å². The van der Waals surface area contributed by atoms with Crippen LogP contribution in [0.3, 0.4) is 0 Å². The average molecular weight is 339 g/mol. The molecular formula is C18H21N5O2. The van der Waals surface area contributed by atoms with Crippen LogP contribution in [-0.2, 0) is 4.79 Å². The molecule has 1 amide bonds. The maximum absolute atomic E-state index is 12.3. The highest BCUT2D eigenvalue weighted by atomic mass is 16.5. The van der Waals surface area contributed by atoms with Gasteiger partial charge in [-0.15, -0.1) is 0 Å². The van der Waals surface area contributed by atoms with Crippen molar-refractivity contribution >= 4 is 17.4 Å². The molecule has 25 heavy (non-hydrogen) atoms. The predicted molar refractivity (Wildman–Crippen MR) is 96.0 cm³/mol. The van der Waals surface area contributed by atoms with Crippen LogP contribution in [0.5, 0.6) is 0 Å². The lowest BCUT2D eigenvalue weighted by Gasteiger charge is -2.14. The van der Waals surface area contributed by atoms with Crippen molar-refractivity contribution in [3.05, 3.63) is 53.5 Å². The quantitative estimate of drug-likeness (QED) is 0.745. The first-order valence-electron chi connectivity index (χ1n) is 8.08. The number of rotatable bonds is 5. The van der Waals surface area contributed by atoms with Crippen LogP contribution in [0.4, 0.5) is 11.5 Å². The zero-order valence-electron chi connectivity index (χ0n) is 14.7. The van der Waals surface area contributed by atoms with Gasteiger partial charge in [0.2, 0.25) is 5.91 Å². The van der Waals surface area contributed by atoms with E-state index in [2.05, 4.69) is 20.9 Å². The Kier molecular flexibility index (Phi) is 4.56. The van der Waals surface area contributed by atoms with E-state index in [1.165, 1.54) is 0 Å². The lowest BCUT2D eigenvalue weighted by Crippen LogP contribution is -2.32. The van der Waals surface area contributed by atoms with E-state index in [9.17, 15) is 4.79 Å². The van der Waals surface area contributed by atoms with Gasteiger partial charge in [0.05, 0.1) is 22.8 Å². The Morgan fingerprint density at radius 2 is 1.92 bits per heavy atom. The van der Waals surface area contributed by atoms with E-state index in [1.54, 1.807) is 19.9 Å². The fourth-order valence-corrected chi connectivity index (χ4v) is 2.61. The SMILES string of the molecule is Cc1cc(NC(=O)[C@@H](C)Nc2c(C)nn(-c3ccccc3)c2C)no1. The second-order valence-electron chi connectivity index (χ2n) is 5.97. The first kappa shape index (κ1) is 16.8. The molecule has 0 saturated carbocycles. The monoisotopic (exact) mass is 339 g/mol. The molecule has 0 radical (unpaired) electrons. The van der Waals surface area contributed by atoms with Crippen LogP contribution in [0.1, 0.15) is 24.1 Å². The molecule has 0 aliphatic carbocycles. The zero-order chi connectivity index (χ0) is 18.0. The van der Waals surface area contributed by atoms with Gasteiger partial charge in [-0.25, -0.2) is 4.68 Å². The summed E-state index contributed by atoms with van der Waals surface area (Å²) in [5.74, 6) is 0.857. The largest absolute Gasteiger partial charge is 0.371 e. The lowest BCUT2D eigenvalue weighted by molar-refractivity contribution is -0.116. The summed E-state index contributed by atoms with van der Waals surface area (Å²) in [4.78, 5) is 12.3. The maximum atomic E-state index is 12.3. The van der Waals surface area contributed by atoms with Gasteiger partial charge in [-0.3, -0.25) is 4.79 Å². The first-order chi connectivity index (χ1) is 12.0. The summed E-state index contributed by atoms with van der Waals surface area (Å²) in [6, 6.07) is 11.1. The van der Waals surface area contributed by atoms with Crippen molar-refractivity contribution in [2.24, 2.45) is 0 Å². The van der Waals surface area contributed by atoms with E-state index in [0.29, 0.717) is 11.6 Å². The second kappa shape index (κ2) is 6.80. The van der Waals surface area contributed by atoms with Crippen molar-refractivity contribution in [3.63, 3.8) is 0 Å². The van der Waals surface area contributed by atoms with Crippen molar-refractivity contribution in [1.82, 2.24) is 14.9 Å². The summed E-state index contributed by atoms with van der Waals surface area (Å²) < 4.78 is 6.82. The van der Waals surface area contributed by atoms with Crippen LogP contribution in [0, 0.1) is 20.8 Å². The Hall–Kier alpha value is -3.09. The molecule has 3 rings (SSSR count). The van der Waals surface area contributed by atoms with E-state index in [0.717, 1.165) is 22.8 Å². The number of aryl methyl sites for hydroxylation is 2. The molecule has 0 saturated heterocycles. The molecular weight excluding hydrogens is 318 g/mol. The van der Waals surface area contributed by atoms with Crippen LogP contribution < -0.4 is 10.6 Å². The van der Waals surface area contributed by atoms with Gasteiger partial charge in [0.25, 0.3) is 0 Å². The standard InChI is InChI=1S/C18H21N5O2/c1-11-10-16(22-25-11)20-18(24)13(3)19-17-12(2)21-23(14(17)4)15-8-6-5-7-9-15/h5-10,13,19H,1-4H3,(H,20,22,24)/t13-/m1/s1. The van der Waals surface area contributed by atoms with Gasteiger partial charge in [0.15, 0.2) is 5.82 Å². The number of amides is 1. The van der Waals surface area contributed by atoms with Crippen LogP contribution >= 0.6 is 0 Å². The molecule has 1 atom stereocenters. The third-order valence-corrected chi connectivity index (χ3v) is 3.93. The van der Waals surface area contributed by atoms with Gasteiger partial charge in [-0.2, -0.15) is 5.10 Å². The summed E-state index contributed by atoms with van der Waals surface area (Å²) in [7, 11) is 0. The number of carbonyl (C=O) groups excluding carboxylic acids is 1. The predicted octanol–water partition coefficient (Wildman–Crippen LogP) is 3.22. The summed E-state index contributed by atoms with van der Waals surface area (Å²) in [6.45, 7) is 7.46. The highest BCUT2D eigenvalue weighted by Crippen LogP contribution is 2.23. The molecule has 0 unspecified atom stereocenters. The van der Waals surface area contributed by atoms with Crippen molar-refractivity contribution in [2.45, 2.75) is 33.7 Å². The molecule has 2 N–H and O–H groups in total. The molecule has 0 fully saturated rings. The number of nitrogens with one attached hydrogen (secondary N) is 2. The summed E-state index contributed by atoms with van der Waals surface area (Å²) >= 11 is 0. The number of para-hydroxylation sites is 1. The highest BCUT2D eigenvalue weighted by molar-refractivity contribution is 5.95. The smallest absolute Gasteiger partial charge is 0.247 e. The summed E-state index contributed by atoms with van der Waals surface area (Å²) in [5.41, 5.74) is 3.60. The van der Waals surface area contributed by atoms with Crippen molar-refractivity contribution in [2.75, 3.05) is 10.6 Å². The maximum Gasteiger partial charge on any atom is 0.247 e. The molecule has 1 aromatic carbocycles. The van der Waals surface area contributed by atoms with Crippen LogP contribution in [0.15, 0.2) is 40.9 Å². The molecule has 7 heteroatoms. The Morgan fingerprint density at radius 3 is 2.56 bits per heavy atom. The highest BCUT2D eigenvalue weighted by Gasteiger charge is 2.19. The normalized spacial score (nSPS) is 12.0. The molecule has 3 aromatic rings. The van der Waals surface area contributed by atoms with Gasteiger partial charge < -0.3 is 15.2 Å². The second-order valence-corrected chi connectivity index (χ2v) is 5.97. The van der Waals surface area contributed by atoms with Crippen molar-refractivity contribution < 1.29 is 9.32 Å². The van der Waals surface area contributed by atoms with Gasteiger partial charge >= 0.3 is 0 Å². The Balaban J connectivity index is 1.76. The minimum absolute atomic E-state index is 0.195. The number of benzene rings is 1. The van der Waals surface area contributed by atoms with Crippen LogP contribution in [-0.4, -0.2) is 26.9 Å². The molecule has 0 aliphatic heterocycles. The number of nitrogens with zero attached hydrogens (tertiary/aromatic N) is 3. The van der Waals surface area contributed by atoms with Crippen LogP contribution in [0.2, 0.25) is 0 Å². The fraction of sp³-hybridized carbons (Fsp3) is 0.278. The van der Waals surface area contributed by atoms with Crippen molar-refractivity contribution in [3.8, 4) is 5.69 Å². The summed E-state index contributed by atoms with van der Waals surface area (Å²) in [6.07, 6.45) is 0. The van der Waals surface area contributed by atoms with Crippen molar-refractivity contribution in [1.29, 1.82) is 0 Å². The third kappa shape index (κ3) is 3.55. The van der Waals surface area contributed by atoms with E-state index in [-0.39, 0.29) is 5.91 Å². The number of hydrogen-bond acceptors (Lipinski definition) is 5. The Morgan fingerprint density at radius 1 is 1.20 bits per heavy atom. The Bertz CT molecular complexity index is 882. The van der Waals surface area contributed by atoms with E-state index < -0.39 is 6.04 Å². The van der Waals surface area contributed by atoms with Gasteiger partial charge in [0, 0.05) is 6.07 Å². The number of hydrogen-bond donors (Lipinski definition) is 2. The number of aromatic nitrogens is 3. The minimum atomic E-state index is -0.456. The number of carbonyl (C=O) groups is 1. The van der Waals surface area contributed by atoms with Crippen LogP contribution in [0.25, 0.3) is 5.69 Å². The van der Waals surface area contributed by atoms with Gasteiger partial charge in [0.1, 0.15) is 11.8 Å². The first-order valence-corrected chi connectivity index (χ1v) is 8.08. The molecule has 7 nitrogen and oxygen atoms in total. The average Bonchev–Trinajstić information content (AvgIpc) is 3.13. The third-order valence-electron chi connectivity index (χ3n) is 3.93. The molecule has 0 bridgehead atoms. The lowest BCUT2D eigenvalue weighted by atomic mass is 10.2. The molecule has 0 spiro atoms.